The second kappa shape index (κ2) is 9.15. The molecule has 1 fully saturated rings. The Hall–Kier alpha value is -0.440. The van der Waals surface area contributed by atoms with Crippen LogP contribution in [0.15, 0.2) is 17.4 Å². The first-order valence-electron chi connectivity index (χ1n) is 7.92. The molecule has 2 rings (SSSR count). The number of likely N-dealkylation sites (tertiary alicyclic amines) is 1. The number of guanidine groups is 1. The summed E-state index contributed by atoms with van der Waals surface area (Å²) in [7, 11) is 3.85. The van der Waals surface area contributed by atoms with E-state index in [9.17, 15) is 0 Å². The van der Waals surface area contributed by atoms with E-state index in [-0.39, 0.29) is 28.7 Å². The molecule has 0 aliphatic carbocycles. The fourth-order valence-corrected chi connectivity index (χ4v) is 3.02. The molecule has 0 spiro atoms. The largest absolute Gasteiger partial charge is 0.355 e. The van der Waals surface area contributed by atoms with Crippen LogP contribution in [0, 0.1) is 5.92 Å². The predicted molar refractivity (Wildman–Crippen MR) is 111 cm³/mol. The van der Waals surface area contributed by atoms with E-state index in [4.69, 9.17) is 0 Å². The molecular formula is C16H30IN5S. The first-order valence-corrected chi connectivity index (χ1v) is 9.14. The minimum Gasteiger partial charge on any atom is -0.355 e. The van der Waals surface area contributed by atoms with Gasteiger partial charge in [-0.25, -0.2) is 0 Å². The van der Waals surface area contributed by atoms with Gasteiger partial charge in [0.2, 0.25) is 0 Å². The van der Waals surface area contributed by atoms with Gasteiger partial charge in [0.25, 0.3) is 0 Å². The number of rotatable bonds is 5. The van der Waals surface area contributed by atoms with E-state index >= 15 is 0 Å². The summed E-state index contributed by atoms with van der Waals surface area (Å²) in [6, 6.07) is 0. The Morgan fingerprint density at radius 3 is 2.83 bits per heavy atom. The van der Waals surface area contributed by atoms with Gasteiger partial charge in [-0.1, -0.05) is 0 Å². The van der Waals surface area contributed by atoms with Crippen molar-refractivity contribution in [3.63, 3.8) is 0 Å². The summed E-state index contributed by atoms with van der Waals surface area (Å²) in [5.74, 6) is 1.73. The lowest BCUT2D eigenvalue weighted by molar-refractivity contribution is 0.456. The second-order valence-corrected chi connectivity index (χ2v) is 8.21. The van der Waals surface area contributed by atoms with Gasteiger partial charge < -0.3 is 10.2 Å². The van der Waals surface area contributed by atoms with Gasteiger partial charge in [-0.05, 0) is 44.4 Å². The molecular weight excluding hydrogens is 421 g/mol. The molecule has 7 heteroatoms. The summed E-state index contributed by atoms with van der Waals surface area (Å²) in [4.78, 5) is 6.85. The molecule has 0 amide bonds. The average molecular weight is 451 g/mol. The Morgan fingerprint density at radius 2 is 2.26 bits per heavy atom. The molecule has 1 aromatic heterocycles. The molecule has 1 saturated heterocycles. The Morgan fingerprint density at radius 1 is 1.52 bits per heavy atom. The highest BCUT2D eigenvalue weighted by molar-refractivity contribution is 14.0. The molecule has 1 aliphatic rings. The van der Waals surface area contributed by atoms with Crippen LogP contribution in [0.3, 0.4) is 0 Å². The number of nitrogens with one attached hydrogen (secondary N) is 1. The van der Waals surface area contributed by atoms with Crippen LogP contribution < -0.4 is 5.32 Å². The highest BCUT2D eigenvalue weighted by Gasteiger charge is 2.26. The average Bonchev–Trinajstić information content (AvgIpc) is 3.10. The summed E-state index contributed by atoms with van der Waals surface area (Å²) in [5.41, 5.74) is 1.33. The third-order valence-corrected chi connectivity index (χ3v) is 5.55. The third-order valence-electron chi connectivity index (χ3n) is 4.30. The lowest BCUT2D eigenvalue weighted by Gasteiger charge is -2.27. The van der Waals surface area contributed by atoms with Crippen molar-refractivity contribution in [1.29, 1.82) is 0 Å². The zero-order valence-electron chi connectivity index (χ0n) is 14.9. The zero-order chi connectivity index (χ0) is 16.2. The lowest BCUT2D eigenvalue weighted by atomic mass is 10.0. The van der Waals surface area contributed by atoms with Crippen molar-refractivity contribution in [2.45, 2.75) is 31.4 Å². The SMILES string of the molecule is CN=C(NCC(C)(C)SC)N1CCC(Cc2cnn(C)c2)C1.I. The summed E-state index contributed by atoms with van der Waals surface area (Å²) < 4.78 is 2.11. The quantitative estimate of drug-likeness (QED) is 0.425. The molecule has 1 aliphatic heterocycles. The van der Waals surface area contributed by atoms with Gasteiger partial charge in [0.15, 0.2) is 5.96 Å². The van der Waals surface area contributed by atoms with Crippen molar-refractivity contribution in [3.05, 3.63) is 18.0 Å². The normalized spacial score (nSPS) is 18.9. The smallest absolute Gasteiger partial charge is 0.193 e. The molecule has 0 aromatic carbocycles. The Balaban J connectivity index is 0.00000264. The van der Waals surface area contributed by atoms with Crippen molar-refractivity contribution in [2.75, 3.05) is 32.9 Å². The number of aryl methyl sites for hydroxylation is 1. The Labute approximate surface area is 161 Å². The lowest BCUT2D eigenvalue weighted by Crippen LogP contribution is -2.44. The minimum absolute atomic E-state index is 0. The van der Waals surface area contributed by atoms with Crippen LogP contribution in [0.5, 0.6) is 0 Å². The van der Waals surface area contributed by atoms with E-state index in [1.54, 1.807) is 0 Å². The first-order chi connectivity index (χ1) is 10.4. The molecule has 1 N–H and O–H groups in total. The van der Waals surface area contributed by atoms with Crippen molar-refractivity contribution < 1.29 is 0 Å². The Kier molecular flexibility index (Phi) is 8.20. The Bertz CT molecular complexity index is 514. The maximum Gasteiger partial charge on any atom is 0.193 e. The molecule has 0 radical (unpaired) electrons. The zero-order valence-corrected chi connectivity index (χ0v) is 18.0. The number of aliphatic imine (C=N–C) groups is 1. The van der Waals surface area contributed by atoms with Crippen LogP contribution in [0.25, 0.3) is 0 Å². The van der Waals surface area contributed by atoms with E-state index in [1.807, 2.05) is 36.7 Å². The van der Waals surface area contributed by atoms with Crippen LogP contribution in [0.2, 0.25) is 0 Å². The minimum atomic E-state index is 0. The van der Waals surface area contributed by atoms with Crippen molar-refractivity contribution in [2.24, 2.45) is 18.0 Å². The summed E-state index contributed by atoms with van der Waals surface area (Å²) in [5, 5.41) is 7.79. The maximum absolute atomic E-state index is 4.46. The van der Waals surface area contributed by atoms with Crippen molar-refractivity contribution in [1.82, 2.24) is 20.0 Å². The second-order valence-electron chi connectivity index (χ2n) is 6.69. The van der Waals surface area contributed by atoms with E-state index in [0.717, 1.165) is 32.0 Å². The number of aromatic nitrogens is 2. The first kappa shape index (κ1) is 20.6. The highest BCUT2D eigenvalue weighted by atomic mass is 127. The van der Waals surface area contributed by atoms with Gasteiger partial charge in [-0.3, -0.25) is 9.67 Å². The monoisotopic (exact) mass is 451 g/mol. The van der Waals surface area contributed by atoms with Gasteiger partial charge >= 0.3 is 0 Å². The van der Waals surface area contributed by atoms with Crippen LogP contribution >= 0.6 is 35.7 Å². The molecule has 132 valence electrons. The van der Waals surface area contributed by atoms with E-state index in [2.05, 4.69) is 46.6 Å². The molecule has 1 atom stereocenters. The summed E-state index contributed by atoms with van der Waals surface area (Å²) >= 11 is 1.88. The van der Waals surface area contributed by atoms with Crippen LogP contribution in [-0.2, 0) is 13.5 Å². The van der Waals surface area contributed by atoms with Gasteiger partial charge in [0.1, 0.15) is 0 Å². The highest BCUT2D eigenvalue weighted by Crippen LogP contribution is 2.22. The number of hydrogen-bond acceptors (Lipinski definition) is 3. The molecule has 2 heterocycles. The molecule has 5 nitrogen and oxygen atoms in total. The van der Waals surface area contributed by atoms with E-state index in [1.165, 1.54) is 12.0 Å². The van der Waals surface area contributed by atoms with Gasteiger partial charge in [0, 0.05) is 44.7 Å². The van der Waals surface area contributed by atoms with E-state index in [0.29, 0.717) is 5.92 Å². The van der Waals surface area contributed by atoms with Crippen molar-refractivity contribution in [3.8, 4) is 0 Å². The topological polar surface area (TPSA) is 45.5 Å². The fourth-order valence-electron chi connectivity index (χ4n) is 2.80. The standard InChI is InChI=1S/C16H29N5S.HI/c1-16(2,22-5)12-18-15(17-3)21-7-6-13(11-21)8-14-9-19-20(4)10-14;/h9-10,13H,6-8,11-12H2,1-5H3,(H,17,18);1H. The van der Waals surface area contributed by atoms with Crippen LogP contribution in [0.1, 0.15) is 25.8 Å². The number of thioether (sulfide) groups is 1. The van der Waals surface area contributed by atoms with Crippen LogP contribution in [-0.4, -0.2) is 58.3 Å². The van der Waals surface area contributed by atoms with Gasteiger partial charge in [-0.15, -0.1) is 24.0 Å². The third kappa shape index (κ3) is 6.17. The molecule has 23 heavy (non-hydrogen) atoms. The number of hydrogen-bond donors (Lipinski definition) is 1. The maximum atomic E-state index is 4.46. The predicted octanol–water partition coefficient (Wildman–Crippen LogP) is 2.62. The number of halogens is 1. The molecule has 1 aromatic rings. The van der Waals surface area contributed by atoms with E-state index < -0.39 is 0 Å². The van der Waals surface area contributed by atoms with Gasteiger partial charge in [0.05, 0.1) is 6.20 Å². The fraction of sp³-hybridized carbons (Fsp3) is 0.750. The summed E-state index contributed by atoms with van der Waals surface area (Å²) in [6.45, 7) is 7.61. The molecule has 1 unspecified atom stereocenters. The number of nitrogens with zero attached hydrogens (tertiary/aromatic N) is 4. The van der Waals surface area contributed by atoms with Gasteiger partial charge in [-0.2, -0.15) is 16.9 Å². The molecule has 0 bridgehead atoms. The molecule has 0 saturated carbocycles. The van der Waals surface area contributed by atoms with Crippen LogP contribution in [0.4, 0.5) is 0 Å². The van der Waals surface area contributed by atoms with Crippen molar-refractivity contribution >= 4 is 41.7 Å². The summed E-state index contributed by atoms with van der Waals surface area (Å²) in [6.07, 6.45) is 8.59.